The summed E-state index contributed by atoms with van der Waals surface area (Å²) in [7, 11) is 0. The van der Waals surface area contributed by atoms with E-state index in [1.807, 2.05) is 12.3 Å². The molecule has 0 spiro atoms. The van der Waals surface area contributed by atoms with Gasteiger partial charge in [-0.1, -0.05) is 23.8 Å². The molecule has 2 heterocycles. The Kier molecular flexibility index (Phi) is 5.05. The van der Waals surface area contributed by atoms with Gasteiger partial charge < -0.3 is 0 Å². The van der Waals surface area contributed by atoms with Crippen molar-refractivity contribution in [1.82, 2.24) is 19.5 Å². The number of halogens is 3. The maximum absolute atomic E-state index is 12.3. The van der Waals surface area contributed by atoms with Crippen molar-refractivity contribution in [2.45, 2.75) is 36.6 Å². The average molecular weight is 390 g/mol. The lowest BCUT2D eigenvalue weighted by Gasteiger charge is -2.11. The van der Waals surface area contributed by atoms with Crippen LogP contribution in [0, 0.1) is 0 Å². The summed E-state index contributed by atoms with van der Waals surface area (Å²) in [5.74, 6) is 0.455. The van der Waals surface area contributed by atoms with E-state index in [9.17, 15) is 8.78 Å². The molecule has 0 saturated heterocycles. The number of aromatic nitrogens is 2. The molecule has 0 aromatic carbocycles. The minimum atomic E-state index is -2.75. The van der Waals surface area contributed by atoms with Gasteiger partial charge >= 0.3 is 0 Å². The average Bonchev–Trinajstić information content (AvgIpc) is 3.13. The van der Waals surface area contributed by atoms with Crippen LogP contribution in [-0.2, 0) is 0 Å². The van der Waals surface area contributed by atoms with Crippen LogP contribution in [0.1, 0.15) is 25.6 Å². The second-order valence-corrected chi connectivity index (χ2v) is 7.42. The predicted octanol–water partition coefficient (Wildman–Crippen LogP) is 3.65. The fourth-order valence-electron chi connectivity index (χ4n) is 1.88. The van der Waals surface area contributed by atoms with E-state index in [-0.39, 0.29) is 5.54 Å². The van der Waals surface area contributed by atoms with Gasteiger partial charge in [0, 0.05) is 16.6 Å². The number of hydrogen-bond donors (Lipinski definition) is 2. The molecular formula is C14H14ClF2N5S2. The standard InChI is InChI=1S/C14H14ClF2N5S2/c1-14(2-3-14)21-24-8-4-9(15)10-5-18-11(22(10)7-8)6-19-20-13(23)12(16)17/h4-7,12,21H,2-3H2,1H3,(H,20,23)/b19-6+. The number of rotatable bonds is 6. The molecule has 2 aromatic rings. The summed E-state index contributed by atoms with van der Waals surface area (Å²) in [6, 6.07) is 1.85. The Balaban J connectivity index is 1.79. The van der Waals surface area contributed by atoms with Gasteiger partial charge in [0.2, 0.25) is 0 Å². The second-order valence-electron chi connectivity index (χ2n) is 5.70. The molecular weight excluding hydrogens is 376 g/mol. The lowest BCUT2D eigenvalue weighted by atomic mass is 10.4. The van der Waals surface area contributed by atoms with Crippen molar-refractivity contribution in [2.24, 2.45) is 5.10 Å². The number of imidazole rings is 1. The van der Waals surface area contributed by atoms with Crippen LogP contribution in [0.3, 0.4) is 0 Å². The quantitative estimate of drug-likeness (QED) is 0.342. The van der Waals surface area contributed by atoms with Gasteiger partial charge in [-0.3, -0.25) is 14.5 Å². The number of thiocarbonyl (C=S) groups is 1. The molecule has 3 rings (SSSR count). The second kappa shape index (κ2) is 6.91. The molecule has 24 heavy (non-hydrogen) atoms. The molecule has 2 aromatic heterocycles. The fraction of sp³-hybridized carbons (Fsp3) is 0.357. The van der Waals surface area contributed by atoms with Crippen LogP contribution >= 0.6 is 35.8 Å². The lowest BCUT2D eigenvalue weighted by molar-refractivity contribution is 0.224. The van der Waals surface area contributed by atoms with Gasteiger partial charge in [0.05, 0.1) is 23.0 Å². The van der Waals surface area contributed by atoms with E-state index < -0.39 is 11.4 Å². The van der Waals surface area contributed by atoms with Crippen LogP contribution in [0.5, 0.6) is 0 Å². The molecule has 0 atom stereocenters. The third-order valence-electron chi connectivity index (χ3n) is 3.56. The van der Waals surface area contributed by atoms with Crippen LogP contribution in [0.4, 0.5) is 8.78 Å². The van der Waals surface area contributed by atoms with Crippen LogP contribution in [-0.4, -0.2) is 32.6 Å². The SMILES string of the molecule is CC1(NSc2cc(Cl)c3cnc(/C=N/NC(=S)C(F)F)n3c2)CC1. The third-order valence-corrected chi connectivity index (χ3v) is 5.19. The molecule has 0 radical (unpaired) electrons. The van der Waals surface area contributed by atoms with Gasteiger partial charge in [0.25, 0.3) is 6.43 Å². The Morgan fingerprint density at radius 1 is 1.58 bits per heavy atom. The Labute approximate surface area is 152 Å². The number of alkyl halides is 2. The number of nitrogens with one attached hydrogen (secondary N) is 2. The first kappa shape index (κ1) is 17.5. The monoisotopic (exact) mass is 389 g/mol. The fourth-order valence-corrected chi connectivity index (χ4v) is 3.15. The summed E-state index contributed by atoms with van der Waals surface area (Å²) in [5.41, 5.74) is 3.00. The largest absolute Gasteiger partial charge is 0.296 e. The van der Waals surface area contributed by atoms with E-state index in [1.54, 1.807) is 10.6 Å². The highest BCUT2D eigenvalue weighted by Gasteiger charge is 2.37. The first-order valence-electron chi connectivity index (χ1n) is 7.10. The zero-order valence-corrected chi connectivity index (χ0v) is 15.0. The third kappa shape index (κ3) is 4.02. The zero-order valence-electron chi connectivity index (χ0n) is 12.6. The van der Waals surface area contributed by atoms with Crippen LogP contribution in [0.25, 0.3) is 5.52 Å². The molecule has 5 nitrogen and oxygen atoms in total. The van der Waals surface area contributed by atoms with E-state index in [0.29, 0.717) is 16.4 Å². The van der Waals surface area contributed by atoms with E-state index in [1.165, 1.54) is 18.2 Å². The molecule has 128 valence electrons. The van der Waals surface area contributed by atoms with Crippen LogP contribution in [0.2, 0.25) is 5.02 Å². The maximum Gasteiger partial charge on any atom is 0.289 e. The molecule has 1 saturated carbocycles. The summed E-state index contributed by atoms with van der Waals surface area (Å²) in [5, 5.41) is 4.24. The van der Waals surface area contributed by atoms with Crippen molar-refractivity contribution in [2.75, 3.05) is 0 Å². The molecule has 0 amide bonds. The minimum Gasteiger partial charge on any atom is -0.296 e. The first-order chi connectivity index (χ1) is 11.4. The molecule has 1 aliphatic carbocycles. The summed E-state index contributed by atoms with van der Waals surface area (Å²) in [6.45, 7) is 2.16. The van der Waals surface area contributed by atoms with Crippen molar-refractivity contribution in [3.05, 3.63) is 29.3 Å². The number of nitrogens with zero attached hydrogens (tertiary/aromatic N) is 3. The molecule has 0 aliphatic heterocycles. The number of pyridine rings is 1. The topological polar surface area (TPSA) is 53.7 Å². The van der Waals surface area contributed by atoms with Crippen molar-refractivity contribution in [3.63, 3.8) is 0 Å². The van der Waals surface area contributed by atoms with Gasteiger partial charge in [-0.15, -0.1) is 0 Å². The Morgan fingerprint density at radius 2 is 2.33 bits per heavy atom. The highest BCUT2D eigenvalue weighted by Crippen LogP contribution is 2.38. The van der Waals surface area contributed by atoms with Gasteiger partial charge in [0.1, 0.15) is 0 Å². The summed E-state index contributed by atoms with van der Waals surface area (Å²) >= 11 is 12.2. The predicted molar refractivity (Wildman–Crippen MR) is 96.2 cm³/mol. The Morgan fingerprint density at radius 3 is 3.00 bits per heavy atom. The van der Waals surface area contributed by atoms with Crippen molar-refractivity contribution < 1.29 is 8.78 Å². The Bertz CT molecular complexity index is 804. The summed E-state index contributed by atoms with van der Waals surface area (Å²) in [6.07, 6.45) is 4.33. The first-order valence-corrected chi connectivity index (χ1v) is 8.70. The molecule has 0 bridgehead atoms. The normalized spacial score (nSPS) is 16.2. The zero-order chi connectivity index (χ0) is 17.3. The number of hydrazone groups is 1. The molecule has 10 heteroatoms. The van der Waals surface area contributed by atoms with Crippen LogP contribution in [0.15, 0.2) is 28.5 Å². The van der Waals surface area contributed by atoms with Crippen molar-refractivity contribution in [3.8, 4) is 0 Å². The van der Waals surface area contributed by atoms with Gasteiger partial charge in [-0.25, -0.2) is 13.8 Å². The molecule has 2 N–H and O–H groups in total. The number of hydrogen-bond acceptors (Lipinski definition) is 5. The lowest BCUT2D eigenvalue weighted by Crippen LogP contribution is -2.22. The maximum atomic E-state index is 12.3. The van der Waals surface area contributed by atoms with E-state index >= 15 is 0 Å². The molecule has 0 unspecified atom stereocenters. The van der Waals surface area contributed by atoms with Gasteiger partial charge in [-0.2, -0.15) is 5.10 Å². The van der Waals surface area contributed by atoms with Crippen molar-refractivity contribution >= 4 is 52.5 Å². The van der Waals surface area contributed by atoms with Gasteiger partial charge in [0.15, 0.2) is 10.8 Å². The van der Waals surface area contributed by atoms with E-state index in [0.717, 1.165) is 17.7 Å². The molecule has 1 aliphatic rings. The van der Waals surface area contributed by atoms with Crippen LogP contribution < -0.4 is 10.1 Å². The van der Waals surface area contributed by atoms with Crippen molar-refractivity contribution in [1.29, 1.82) is 0 Å². The van der Waals surface area contributed by atoms with E-state index in [2.05, 4.69) is 39.4 Å². The van der Waals surface area contributed by atoms with E-state index in [4.69, 9.17) is 11.6 Å². The molecule has 1 fully saturated rings. The van der Waals surface area contributed by atoms with Gasteiger partial charge in [-0.05, 0) is 37.8 Å². The summed E-state index contributed by atoms with van der Waals surface area (Å²) in [4.78, 5) is 4.47. The summed E-state index contributed by atoms with van der Waals surface area (Å²) < 4.78 is 29.8. The highest BCUT2D eigenvalue weighted by molar-refractivity contribution is 7.97. The minimum absolute atomic E-state index is 0.181. The Hall–Kier alpha value is -1.29. The number of fused-ring (bicyclic) bond motifs is 1. The smallest absolute Gasteiger partial charge is 0.289 e. The highest BCUT2D eigenvalue weighted by atomic mass is 35.5.